The first-order valence-corrected chi connectivity index (χ1v) is 9.96. The zero-order chi connectivity index (χ0) is 15.4. The molecule has 21 heavy (non-hydrogen) atoms. The van der Waals surface area contributed by atoms with E-state index in [1.165, 1.54) is 19.3 Å². The highest BCUT2D eigenvalue weighted by Gasteiger charge is 2.43. The second kappa shape index (κ2) is 7.87. The molecule has 2 aliphatic rings. The number of hydrogen-bond donors (Lipinski definition) is 1. The van der Waals surface area contributed by atoms with Gasteiger partial charge in [0.25, 0.3) is 0 Å². The van der Waals surface area contributed by atoms with Crippen molar-refractivity contribution in [3.63, 3.8) is 0 Å². The molecule has 4 heteroatoms. The van der Waals surface area contributed by atoms with Gasteiger partial charge in [-0.2, -0.15) is 11.8 Å². The SMILES string of the molecule is CCCCC1NC(CC(C)C)N(C2CCC(SC)C2)C1=O. The molecular weight excluding hydrogens is 280 g/mol. The third kappa shape index (κ3) is 4.16. The van der Waals surface area contributed by atoms with E-state index in [2.05, 4.69) is 37.2 Å². The van der Waals surface area contributed by atoms with Crippen molar-refractivity contribution in [2.45, 2.75) is 89.2 Å². The normalized spacial score (nSPS) is 33.4. The van der Waals surface area contributed by atoms with Crippen LogP contribution in [-0.4, -0.2) is 40.6 Å². The molecule has 4 unspecified atom stereocenters. The molecule has 0 bridgehead atoms. The summed E-state index contributed by atoms with van der Waals surface area (Å²) in [5.74, 6) is 1.00. The molecule has 0 aromatic rings. The largest absolute Gasteiger partial charge is 0.323 e. The molecule has 4 atom stereocenters. The Kier molecular flexibility index (Phi) is 6.42. The molecule has 1 N–H and O–H groups in total. The highest BCUT2D eigenvalue weighted by atomic mass is 32.2. The van der Waals surface area contributed by atoms with Gasteiger partial charge in [0, 0.05) is 11.3 Å². The first-order valence-electron chi connectivity index (χ1n) is 8.67. The number of unbranched alkanes of at least 4 members (excludes halogenated alkanes) is 1. The van der Waals surface area contributed by atoms with Crippen LogP contribution in [0.2, 0.25) is 0 Å². The summed E-state index contributed by atoms with van der Waals surface area (Å²) in [6, 6.07) is 0.542. The Bertz CT molecular complexity index is 348. The Morgan fingerprint density at radius 2 is 2.14 bits per heavy atom. The summed E-state index contributed by atoms with van der Waals surface area (Å²) in [4.78, 5) is 15.1. The topological polar surface area (TPSA) is 32.3 Å². The maximum atomic E-state index is 12.8. The molecule has 1 saturated carbocycles. The van der Waals surface area contributed by atoms with Crippen LogP contribution in [0.3, 0.4) is 0 Å². The number of nitrogens with zero attached hydrogens (tertiary/aromatic N) is 1. The smallest absolute Gasteiger partial charge is 0.241 e. The molecule has 1 aliphatic heterocycles. The molecule has 122 valence electrons. The first-order chi connectivity index (χ1) is 10.1. The van der Waals surface area contributed by atoms with Gasteiger partial charge < -0.3 is 4.90 Å². The summed E-state index contributed by atoms with van der Waals surface area (Å²) < 4.78 is 0. The van der Waals surface area contributed by atoms with E-state index in [1.807, 2.05) is 11.8 Å². The Morgan fingerprint density at radius 3 is 2.71 bits per heavy atom. The number of thioether (sulfide) groups is 1. The van der Waals surface area contributed by atoms with Gasteiger partial charge in [0.05, 0.1) is 12.2 Å². The van der Waals surface area contributed by atoms with Crippen LogP contribution in [0, 0.1) is 5.92 Å². The second-order valence-corrected chi connectivity index (χ2v) is 8.21. The van der Waals surface area contributed by atoms with Gasteiger partial charge in [-0.15, -0.1) is 0 Å². The fourth-order valence-electron chi connectivity index (χ4n) is 3.78. The van der Waals surface area contributed by atoms with E-state index >= 15 is 0 Å². The molecule has 2 rings (SSSR count). The van der Waals surface area contributed by atoms with E-state index < -0.39 is 0 Å². The standard InChI is InChI=1S/C17H32N2OS/c1-5-6-7-15-17(20)19(16(18-15)10-12(2)3)13-8-9-14(11-13)21-4/h12-16,18H,5-11H2,1-4H3. The van der Waals surface area contributed by atoms with Crippen LogP contribution in [-0.2, 0) is 4.79 Å². The highest BCUT2D eigenvalue weighted by molar-refractivity contribution is 7.99. The van der Waals surface area contributed by atoms with Crippen LogP contribution in [0.5, 0.6) is 0 Å². The Labute approximate surface area is 134 Å². The van der Waals surface area contributed by atoms with Gasteiger partial charge in [-0.05, 0) is 44.3 Å². The maximum absolute atomic E-state index is 12.8. The lowest BCUT2D eigenvalue weighted by Gasteiger charge is -2.31. The summed E-state index contributed by atoms with van der Waals surface area (Å²) in [5, 5.41) is 4.38. The summed E-state index contributed by atoms with van der Waals surface area (Å²) in [6.07, 6.45) is 10.5. The highest BCUT2D eigenvalue weighted by Crippen LogP contribution is 2.35. The molecule has 1 amide bonds. The zero-order valence-electron chi connectivity index (χ0n) is 14.1. The molecule has 0 aromatic heterocycles. The predicted molar refractivity (Wildman–Crippen MR) is 91.5 cm³/mol. The lowest BCUT2D eigenvalue weighted by Crippen LogP contribution is -2.44. The van der Waals surface area contributed by atoms with Crippen LogP contribution in [0.15, 0.2) is 0 Å². The summed E-state index contributed by atoms with van der Waals surface area (Å²) in [5.41, 5.74) is 0. The molecule has 1 aliphatic carbocycles. The van der Waals surface area contributed by atoms with Crippen molar-refractivity contribution in [1.29, 1.82) is 0 Å². The van der Waals surface area contributed by atoms with Crippen LogP contribution in [0.4, 0.5) is 0 Å². The minimum atomic E-state index is 0.0713. The van der Waals surface area contributed by atoms with Gasteiger partial charge >= 0.3 is 0 Å². The van der Waals surface area contributed by atoms with E-state index in [1.54, 1.807) is 0 Å². The summed E-state index contributed by atoms with van der Waals surface area (Å²) in [7, 11) is 0. The van der Waals surface area contributed by atoms with Crippen molar-refractivity contribution < 1.29 is 4.79 Å². The predicted octanol–water partition coefficient (Wildman–Crippen LogP) is 3.63. The Balaban J connectivity index is 2.04. The second-order valence-electron chi connectivity index (χ2n) is 7.08. The Hall–Kier alpha value is -0.220. The van der Waals surface area contributed by atoms with E-state index in [4.69, 9.17) is 0 Å². The van der Waals surface area contributed by atoms with Crippen molar-refractivity contribution in [2.75, 3.05) is 6.26 Å². The zero-order valence-corrected chi connectivity index (χ0v) is 14.9. The van der Waals surface area contributed by atoms with Crippen LogP contribution in [0.25, 0.3) is 0 Å². The lowest BCUT2D eigenvalue weighted by atomic mass is 10.1. The summed E-state index contributed by atoms with van der Waals surface area (Å²) >= 11 is 1.97. The fourth-order valence-corrected chi connectivity index (χ4v) is 4.57. The van der Waals surface area contributed by atoms with Gasteiger partial charge in [-0.1, -0.05) is 33.6 Å². The van der Waals surface area contributed by atoms with Crippen molar-refractivity contribution in [3.05, 3.63) is 0 Å². The van der Waals surface area contributed by atoms with Crippen LogP contribution >= 0.6 is 11.8 Å². The molecule has 2 fully saturated rings. The molecule has 3 nitrogen and oxygen atoms in total. The quantitative estimate of drug-likeness (QED) is 0.779. The van der Waals surface area contributed by atoms with Gasteiger partial charge in [0.1, 0.15) is 0 Å². The monoisotopic (exact) mass is 312 g/mol. The van der Waals surface area contributed by atoms with Gasteiger partial charge in [0.2, 0.25) is 5.91 Å². The molecule has 1 saturated heterocycles. The van der Waals surface area contributed by atoms with Crippen molar-refractivity contribution >= 4 is 17.7 Å². The average Bonchev–Trinajstić information content (AvgIpc) is 3.01. The molecule has 0 spiro atoms. The van der Waals surface area contributed by atoms with E-state index in [9.17, 15) is 4.79 Å². The number of rotatable bonds is 7. The van der Waals surface area contributed by atoms with Crippen molar-refractivity contribution in [2.24, 2.45) is 5.92 Å². The third-order valence-electron chi connectivity index (χ3n) is 4.91. The van der Waals surface area contributed by atoms with E-state index in [0.717, 1.165) is 30.9 Å². The van der Waals surface area contributed by atoms with Crippen molar-refractivity contribution in [3.8, 4) is 0 Å². The number of amides is 1. The number of carbonyl (C=O) groups is 1. The summed E-state index contributed by atoms with van der Waals surface area (Å²) in [6.45, 7) is 6.70. The van der Waals surface area contributed by atoms with E-state index in [0.29, 0.717) is 17.9 Å². The molecular formula is C17H32N2OS. The van der Waals surface area contributed by atoms with Crippen LogP contribution in [0.1, 0.15) is 65.7 Å². The van der Waals surface area contributed by atoms with Gasteiger partial charge in [0.15, 0.2) is 0 Å². The average molecular weight is 313 g/mol. The minimum Gasteiger partial charge on any atom is -0.323 e. The number of hydrogen-bond acceptors (Lipinski definition) is 3. The first kappa shape index (κ1) is 17.1. The van der Waals surface area contributed by atoms with E-state index in [-0.39, 0.29) is 12.2 Å². The van der Waals surface area contributed by atoms with Crippen molar-refractivity contribution in [1.82, 2.24) is 10.2 Å². The Morgan fingerprint density at radius 1 is 1.38 bits per heavy atom. The molecule has 1 heterocycles. The van der Waals surface area contributed by atoms with Gasteiger partial charge in [-0.3, -0.25) is 10.1 Å². The van der Waals surface area contributed by atoms with Gasteiger partial charge in [-0.25, -0.2) is 0 Å². The van der Waals surface area contributed by atoms with Crippen LogP contribution < -0.4 is 5.32 Å². The third-order valence-corrected chi connectivity index (χ3v) is 6.00. The maximum Gasteiger partial charge on any atom is 0.241 e. The minimum absolute atomic E-state index is 0.0713. The fraction of sp³-hybridized carbons (Fsp3) is 0.941. The molecule has 0 radical (unpaired) electrons. The molecule has 0 aromatic carbocycles. The number of carbonyl (C=O) groups excluding carboxylic acids is 1. The lowest BCUT2D eigenvalue weighted by molar-refractivity contribution is -0.132. The number of nitrogens with one attached hydrogen (secondary N) is 1.